The van der Waals surface area contributed by atoms with Gasteiger partial charge in [-0.05, 0) is 43.9 Å². The molecular weight excluding hydrogens is 406 g/mol. The van der Waals surface area contributed by atoms with E-state index in [1.807, 2.05) is 13.8 Å². The molecule has 1 atom stereocenters. The van der Waals surface area contributed by atoms with E-state index in [4.69, 9.17) is 9.47 Å². The van der Waals surface area contributed by atoms with E-state index in [1.165, 1.54) is 4.90 Å². The van der Waals surface area contributed by atoms with Gasteiger partial charge in [-0.25, -0.2) is 4.79 Å². The summed E-state index contributed by atoms with van der Waals surface area (Å²) >= 11 is 0. The van der Waals surface area contributed by atoms with Crippen molar-refractivity contribution in [1.29, 1.82) is 5.26 Å². The molecule has 1 N–H and O–H groups in total. The number of nitro benzene ring substituents is 1. The first-order valence-electron chi connectivity index (χ1n) is 9.95. The van der Waals surface area contributed by atoms with Gasteiger partial charge in [0.1, 0.15) is 11.6 Å². The molecule has 0 aliphatic rings. The number of hydrogen-bond donors (Lipinski definition) is 1. The maximum atomic E-state index is 12.4. The number of phenols is 1. The van der Waals surface area contributed by atoms with Gasteiger partial charge in [0.25, 0.3) is 5.91 Å². The minimum Gasteiger partial charge on any atom is -0.499 e. The highest BCUT2D eigenvalue weighted by Crippen LogP contribution is 2.38. The number of ether oxygens (including phenoxy) is 2. The van der Waals surface area contributed by atoms with Gasteiger partial charge < -0.3 is 19.5 Å². The molecule has 168 valence electrons. The third-order valence-corrected chi connectivity index (χ3v) is 4.45. The summed E-state index contributed by atoms with van der Waals surface area (Å²) < 4.78 is 9.93. The summed E-state index contributed by atoms with van der Waals surface area (Å²) in [7, 11) is 0. The Morgan fingerprint density at radius 2 is 1.97 bits per heavy atom. The molecule has 1 aromatic carbocycles. The fourth-order valence-electron chi connectivity index (χ4n) is 2.81. The van der Waals surface area contributed by atoms with Crippen LogP contribution in [0.2, 0.25) is 0 Å². The van der Waals surface area contributed by atoms with Gasteiger partial charge in [0.2, 0.25) is 5.75 Å². The molecule has 1 amide bonds. The Labute approximate surface area is 180 Å². The molecular formula is C21H27N3O7. The Morgan fingerprint density at radius 3 is 2.48 bits per heavy atom. The quantitative estimate of drug-likeness (QED) is 0.145. The van der Waals surface area contributed by atoms with Crippen molar-refractivity contribution in [2.24, 2.45) is 5.92 Å². The minimum atomic E-state index is -1.13. The van der Waals surface area contributed by atoms with Crippen molar-refractivity contribution in [3.63, 3.8) is 0 Å². The van der Waals surface area contributed by atoms with Crippen molar-refractivity contribution in [1.82, 2.24) is 4.90 Å². The Morgan fingerprint density at radius 1 is 1.32 bits per heavy atom. The molecule has 0 saturated heterocycles. The van der Waals surface area contributed by atoms with E-state index >= 15 is 0 Å². The number of nitriles is 1. The molecule has 10 heteroatoms. The summed E-state index contributed by atoms with van der Waals surface area (Å²) in [6.07, 6.45) is 1.75. The zero-order valence-corrected chi connectivity index (χ0v) is 18.1. The summed E-state index contributed by atoms with van der Waals surface area (Å²) in [6.45, 7) is 8.22. The smallest absolute Gasteiger partial charge is 0.499 e. The van der Waals surface area contributed by atoms with Crippen LogP contribution >= 0.6 is 0 Å². The zero-order valence-electron chi connectivity index (χ0n) is 18.1. The van der Waals surface area contributed by atoms with Crippen molar-refractivity contribution in [3.8, 4) is 17.6 Å². The SMILES string of the molecule is CCCC(C)COC(=O)Oc1cc(C=C(C#N)C(=O)N(CC)CC)cc([N+](=O)[O-])c1O. The third-order valence-electron chi connectivity index (χ3n) is 4.45. The molecule has 0 aliphatic carbocycles. The van der Waals surface area contributed by atoms with Gasteiger partial charge >= 0.3 is 11.8 Å². The second-order valence-corrected chi connectivity index (χ2v) is 6.85. The summed E-state index contributed by atoms with van der Waals surface area (Å²) in [4.78, 5) is 36.2. The van der Waals surface area contributed by atoms with Crippen LogP contribution in [0, 0.1) is 27.4 Å². The van der Waals surface area contributed by atoms with Gasteiger partial charge in [-0.1, -0.05) is 20.3 Å². The third kappa shape index (κ3) is 7.29. The first-order valence-corrected chi connectivity index (χ1v) is 9.95. The monoisotopic (exact) mass is 433 g/mol. The summed E-state index contributed by atoms with van der Waals surface area (Å²) in [6, 6.07) is 3.87. The molecule has 1 aromatic rings. The number of likely N-dealkylation sites (N-methyl/N-ethyl adjacent to an activating group) is 1. The first kappa shape index (κ1) is 25.4. The van der Waals surface area contributed by atoms with E-state index in [-0.39, 0.29) is 23.7 Å². The van der Waals surface area contributed by atoms with E-state index < -0.39 is 34.2 Å². The predicted octanol–water partition coefficient (Wildman–Crippen LogP) is 4.03. The standard InChI is InChI=1S/C21H27N3O7/c1-5-8-14(4)13-30-21(27)31-18-11-15(10-17(19(18)25)24(28)29)9-16(12-22)20(26)23(6-2)7-3/h9-11,14,25H,5-8,13H2,1-4H3. The summed E-state index contributed by atoms with van der Waals surface area (Å²) in [5.41, 5.74) is -0.974. The number of nitrogens with zero attached hydrogens (tertiary/aromatic N) is 3. The second kappa shape index (κ2) is 12.2. The lowest BCUT2D eigenvalue weighted by Crippen LogP contribution is -2.31. The Balaban J connectivity index is 3.25. The van der Waals surface area contributed by atoms with Gasteiger partial charge in [-0.3, -0.25) is 14.9 Å². The molecule has 10 nitrogen and oxygen atoms in total. The maximum Gasteiger partial charge on any atom is 0.513 e. The van der Waals surface area contributed by atoms with Gasteiger partial charge in [-0.15, -0.1) is 0 Å². The first-order chi connectivity index (χ1) is 14.7. The van der Waals surface area contributed by atoms with Crippen LogP contribution in [0.1, 0.15) is 46.1 Å². The lowest BCUT2D eigenvalue weighted by molar-refractivity contribution is -0.385. The van der Waals surface area contributed by atoms with Crippen LogP contribution in [-0.4, -0.2) is 46.7 Å². The highest BCUT2D eigenvalue weighted by atomic mass is 16.7. The Kier molecular flexibility index (Phi) is 9.98. The summed E-state index contributed by atoms with van der Waals surface area (Å²) in [5.74, 6) is -1.83. The van der Waals surface area contributed by atoms with E-state index in [1.54, 1.807) is 19.9 Å². The van der Waals surface area contributed by atoms with Crippen LogP contribution in [0.25, 0.3) is 6.08 Å². The normalized spacial score (nSPS) is 11.9. The highest BCUT2D eigenvalue weighted by Gasteiger charge is 2.23. The van der Waals surface area contributed by atoms with Crippen molar-refractivity contribution in [2.75, 3.05) is 19.7 Å². The molecule has 0 radical (unpaired) electrons. The van der Waals surface area contributed by atoms with Gasteiger partial charge in [0.15, 0.2) is 5.75 Å². The van der Waals surface area contributed by atoms with Gasteiger partial charge in [-0.2, -0.15) is 5.26 Å². The molecule has 31 heavy (non-hydrogen) atoms. The molecule has 1 unspecified atom stereocenters. The minimum absolute atomic E-state index is 0.0312. The van der Waals surface area contributed by atoms with Crippen molar-refractivity contribution in [3.05, 3.63) is 33.4 Å². The van der Waals surface area contributed by atoms with Crippen LogP contribution < -0.4 is 4.74 Å². The van der Waals surface area contributed by atoms with Gasteiger partial charge in [0, 0.05) is 19.2 Å². The summed E-state index contributed by atoms with van der Waals surface area (Å²) in [5, 5.41) is 30.8. The van der Waals surface area contributed by atoms with E-state index in [9.17, 15) is 30.1 Å². The maximum absolute atomic E-state index is 12.4. The molecule has 0 aliphatic heterocycles. The number of rotatable bonds is 10. The Hall–Kier alpha value is -3.61. The van der Waals surface area contributed by atoms with Gasteiger partial charge in [0.05, 0.1) is 11.5 Å². The highest BCUT2D eigenvalue weighted by molar-refractivity contribution is 6.01. The zero-order chi connectivity index (χ0) is 23.6. The molecule has 0 aromatic heterocycles. The second-order valence-electron chi connectivity index (χ2n) is 6.85. The molecule has 0 fully saturated rings. The number of carbonyl (C=O) groups excluding carboxylic acids is 2. The average molecular weight is 433 g/mol. The van der Waals surface area contributed by atoms with Crippen LogP contribution in [0.3, 0.4) is 0 Å². The molecule has 1 rings (SSSR count). The number of benzene rings is 1. The fraction of sp³-hybridized carbons (Fsp3) is 0.476. The predicted molar refractivity (Wildman–Crippen MR) is 112 cm³/mol. The Bertz CT molecular complexity index is 886. The van der Waals surface area contributed by atoms with Crippen LogP contribution in [-0.2, 0) is 9.53 Å². The number of amides is 1. The number of aromatic hydroxyl groups is 1. The van der Waals surface area contributed by atoms with Crippen molar-refractivity contribution >= 4 is 23.8 Å². The largest absolute Gasteiger partial charge is 0.513 e. The molecule has 0 heterocycles. The van der Waals surface area contributed by atoms with E-state index in [0.717, 1.165) is 31.1 Å². The topological polar surface area (TPSA) is 143 Å². The molecule has 0 spiro atoms. The lowest BCUT2D eigenvalue weighted by atomic mass is 10.1. The van der Waals surface area contributed by atoms with Crippen LogP contribution in [0.15, 0.2) is 17.7 Å². The number of nitro groups is 1. The number of phenolic OH excluding ortho intramolecular Hbond substituents is 1. The number of carbonyl (C=O) groups is 2. The van der Waals surface area contributed by atoms with Crippen molar-refractivity contribution in [2.45, 2.75) is 40.5 Å². The van der Waals surface area contributed by atoms with Crippen LogP contribution in [0.4, 0.5) is 10.5 Å². The van der Waals surface area contributed by atoms with E-state index in [0.29, 0.717) is 13.1 Å². The van der Waals surface area contributed by atoms with Crippen LogP contribution in [0.5, 0.6) is 11.5 Å². The molecule has 0 bridgehead atoms. The lowest BCUT2D eigenvalue weighted by Gasteiger charge is -2.17. The number of hydrogen-bond acceptors (Lipinski definition) is 8. The van der Waals surface area contributed by atoms with Crippen molar-refractivity contribution < 1.29 is 29.1 Å². The van der Waals surface area contributed by atoms with E-state index in [2.05, 4.69) is 0 Å². The molecule has 0 saturated carbocycles. The average Bonchev–Trinajstić information content (AvgIpc) is 2.73. The fourth-order valence-corrected chi connectivity index (χ4v) is 2.81.